The zero-order chi connectivity index (χ0) is 20.0. The van der Waals surface area contributed by atoms with Gasteiger partial charge < -0.3 is 9.84 Å². The van der Waals surface area contributed by atoms with Crippen molar-refractivity contribution < 1.29 is 23.1 Å². The topological polar surface area (TPSA) is 108 Å². The second kappa shape index (κ2) is 8.54. The van der Waals surface area contributed by atoms with Crippen LogP contribution in [-0.2, 0) is 14.8 Å². The van der Waals surface area contributed by atoms with Crippen LogP contribution in [0.2, 0.25) is 0 Å². The molecule has 0 heterocycles. The van der Waals surface area contributed by atoms with Gasteiger partial charge in [0.25, 0.3) is 5.91 Å². The van der Waals surface area contributed by atoms with Crippen LogP contribution in [0.1, 0.15) is 11.1 Å². The molecule has 0 unspecified atom stereocenters. The fraction of sp³-hybridized carbons (Fsp3) is 0.222. The zero-order valence-electron chi connectivity index (χ0n) is 15.2. The summed E-state index contributed by atoms with van der Waals surface area (Å²) in [6.45, 7) is 1.33. The van der Waals surface area contributed by atoms with Crippen LogP contribution in [0.5, 0.6) is 11.5 Å². The van der Waals surface area contributed by atoms with Gasteiger partial charge in [-0.05, 0) is 30.7 Å². The predicted octanol–water partition coefficient (Wildman–Crippen LogP) is 1.63. The summed E-state index contributed by atoms with van der Waals surface area (Å²) in [5, 5.41) is 13.7. The molecule has 2 aromatic rings. The lowest BCUT2D eigenvalue weighted by atomic mass is 10.2. The number of phenols is 1. The van der Waals surface area contributed by atoms with Gasteiger partial charge in [-0.1, -0.05) is 24.3 Å². The summed E-state index contributed by atoms with van der Waals surface area (Å²) in [5.41, 5.74) is 3.74. The van der Waals surface area contributed by atoms with E-state index >= 15 is 0 Å². The third-order valence-corrected chi connectivity index (χ3v) is 4.84. The van der Waals surface area contributed by atoms with Crippen molar-refractivity contribution in [2.24, 2.45) is 5.10 Å². The number of anilines is 1. The van der Waals surface area contributed by atoms with E-state index < -0.39 is 22.5 Å². The Labute approximate surface area is 158 Å². The van der Waals surface area contributed by atoms with Gasteiger partial charge in [0.1, 0.15) is 6.54 Å². The number of hydrazone groups is 1. The number of phenolic OH excluding ortho intramolecular Hbond substituents is 1. The molecule has 0 aliphatic carbocycles. The van der Waals surface area contributed by atoms with E-state index in [-0.39, 0.29) is 11.5 Å². The quantitative estimate of drug-likeness (QED) is 0.551. The number of amides is 1. The van der Waals surface area contributed by atoms with Crippen LogP contribution in [0, 0.1) is 6.92 Å². The monoisotopic (exact) mass is 391 g/mol. The van der Waals surface area contributed by atoms with Gasteiger partial charge in [-0.25, -0.2) is 13.8 Å². The number of ether oxygens (including phenoxy) is 1. The van der Waals surface area contributed by atoms with Crippen LogP contribution < -0.4 is 14.5 Å². The number of aryl methyl sites for hydroxylation is 1. The largest absolute Gasteiger partial charge is 0.504 e. The van der Waals surface area contributed by atoms with E-state index in [0.29, 0.717) is 11.3 Å². The van der Waals surface area contributed by atoms with E-state index in [9.17, 15) is 18.3 Å². The first-order valence-corrected chi connectivity index (χ1v) is 9.80. The number of nitrogens with zero attached hydrogens (tertiary/aromatic N) is 2. The van der Waals surface area contributed by atoms with Crippen molar-refractivity contribution in [3.8, 4) is 11.5 Å². The number of nitrogens with one attached hydrogen (secondary N) is 1. The van der Waals surface area contributed by atoms with E-state index in [1.54, 1.807) is 49.4 Å². The number of sulfonamides is 1. The van der Waals surface area contributed by atoms with Crippen LogP contribution in [0.15, 0.2) is 47.6 Å². The molecule has 0 spiro atoms. The Balaban J connectivity index is 2.12. The molecular formula is C18H21N3O5S. The lowest BCUT2D eigenvalue weighted by molar-refractivity contribution is -0.119. The van der Waals surface area contributed by atoms with E-state index in [1.807, 2.05) is 0 Å². The van der Waals surface area contributed by atoms with Crippen LogP contribution in [0.3, 0.4) is 0 Å². The molecule has 0 fully saturated rings. The van der Waals surface area contributed by atoms with Gasteiger partial charge in [0.15, 0.2) is 11.5 Å². The minimum absolute atomic E-state index is 0.115. The van der Waals surface area contributed by atoms with Crippen molar-refractivity contribution in [3.05, 3.63) is 53.6 Å². The lowest BCUT2D eigenvalue weighted by Gasteiger charge is -2.23. The number of benzene rings is 2. The number of carbonyl (C=O) groups is 1. The maximum atomic E-state index is 12.2. The highest BCUT2D eigenvalue weighted by molar-refractivity contribution is 7.92. The molecule has 0 saturated carbocycles. The summed E-state index contributed by atoms with van der Waals surface area (Å²) in [6, 6.07) is 11.7. The molecule has 0 atom stereocenters. The molecule has 0 aliphatic heterocycles. The second-order valence-corrected chi connectivity index (χ2v) is 7.65. The Bertz CT molecular complexity index is 957. The lowest BCUT2D eigenvalue weighted by Crippen LogP contribution is -2.39. The van der Waals surface area contributed by atoms with Crippen LogP contribution in [0.25, 0.3) is 0 Å². The molecule has 0 bridgehead atoms. The minimum Gasteiger partial charge on any atom is -0.504 e. The number of hydrogen-bond acceptors (Lipinski definition) is 6. The van der Waals surface area contributed by atoms with Gasteiger partial charge in [0, 0.05) is 5.56 Å². The van der Waals surface area contributed by atoms with Crippen molar-refractivity contribution in [2.45, 2.75) is 6.92 Å². The maximum absolute atomic E-state index is 12.2. The Morgan fingerprint density at radius 1 is 1.26 bits per heavy atom. The number of aromatic hydroxyl groups is 1. The highest BCUT2D eigenvalue weighted by atomic mass is 32.2. The molecule has 8 nitrogen and oxygen atoms in total. The van der Waals surface area contributed by atoms with Crippen molar-refractivity contribution in [3.63, 3.8) is 0 Å². The number of para-hydroxylation sites is 2. The first-order chi connectivity index (χ1) is 12.7. The summed E-state index contributed by atoms with van der Waals surface area (Å²) in [5.74, 6) is -0.467. The van der Waals surface area contributed by atoms with Crippen LogP contribution >= 0.6 is 0 Å². The fourth-order valence-electron chi connectivity index (χ4n) is 2.37. The molecule has 1 amide bonds. The van der Waals surface area contributed by atoms with Gasteiger partial charge in [-0.15, -0.1) is 0 Å². The van der Waals surface area contributed by atoms with Crippen LogP contribution in [0.4, 0.5) is 5.69 Å². The van der Waals surface area contributed by atoms with E-state index in [1.165, 1.54) is 13.3 Å². The standard InChI is InChI=1S/C18H21N3O5S/c1-13-7-4-5-9-15(13)21(27(3,24)25)12-17(22)20-19-11-14-8-6-10-16(26-2)18(14)23/h4-11,23H,12H2,1-3H3,(H,20,22). The van der Waals surface area contributed by atoms with Gasteiger partial charge in [0.2, 0.25) is 10.0 Å². The van der Waals surface area contributed by atoms with E-state index in [4.69, 9.17) is 4.74 Å². The third kappa shape index (κ3) is 5.20. The Morgan fingerprint density at radius 3 is 2.59 bits per heavy atom. The number of methoxy groups -OCH3 is 1. The summed E-state index contributed by atoms with van der Waals surface area (Å²) in [7, 11) is -2.24. The normalized spacial score (nSPS) is 11.4. The average Bonchev–Trinajstić information content (AvgIpc) is 2.61. The average molecular weight is 391 g/mol. The molecular weight excluding hydrogens is 370 g/mol. The molecule has 2 N–H and O–H groups in total. The number of rotatable bonds is 7. The molecule has 0 radical (unpaired) electrons. The Kier molecular flexibility index (Phi) is 6.40. The summed E-state index contributed by atoms with van der Waals surface area (Å²) in [4.78, 5) is 12.2. The smallest absolute Gasteiger partial charge is 0.260 e. The van der Waals surface area contributed by atoms with Gasteiger partial charge in [0.05, 0.1) is 25.3 Å². The Morgan fingerprint density at radius 2 is 1.96 bits per heavy atom. The SMILES string of the molecule is COc1cccc(C=NNC(=O)CN(c2ccccc2C)S(C)(=O)=O)c1O. The first kappa shape index (κ1) is 20.2. The predicted molar refractivity (Wildman–Crippen MR) is 104 cm³/mol. The fourth-order valence-corrected chi connectivity index (χ4v) is 3.29. The summed E-state index contributed by atoms with van der Waals surface area (Å²) in [6.07, 6.45) is 2.28. The van der Waals surface area contributed by atoms with Crippen molar-refractivity contribution in [1.82, 2.24) is 5.43 Å². The Hall–Kier alpha value is -3.07. The molecule has 2 rings (SSSR count). The molecule has 0 aliphatic rings. The van der Waals surface area contributed by atoms with Gasteiger partial charge in [-0.2, -0.15) is 5.10 Å². The molecule has 144 valence electrons. The van der Waals surface area contributed by atoms with Crippen molar-refractivity contribution >= 4 is 27.8 Å². The van der Waals surface area contributed by atoms with Crippen molar-refractivity contribution in [1.29, 1.82) is 0 Å². The molecule has 2 aromatic carbocycles. The highest BCUT2D eigenvalue weighted by Gasteiger charge is 2.21. The maximum Gasteiger partial charge on any atom is 0.260 e. The van der Waals surface area contributed by atoms with Gasteiger partial charge in [-0.3, -0.25) is 9.10 Å². The second-order valence-electron chi connectivity index (χ2n) is 5.75. The number of hydrogen-bond donors (Lipinski definition) is 2. The third-order valence-electron chi connectivity index (χ3n) is 3.71. The van der Waals surface area contributed by atoms with Crippen molar-refractivity contribution in [2.75, 3.05) is 24.2 Å². The van der Waals surface area contributed by atoms with E-state index in [0.717, 1.165) is 16.1 Å². The molecule has 0 aromatic heterocycles. The molecule has 27 heavy (non-hydrogen) atoms. The van der Waals surface area contributed by atoms with Crippen LogP contribution in [-0.4, -0.2) is 45.6 Å². The number of carbonyl (C=O) groups excluding carboxylic acids is 1. The zero-order valence-corrected chi connectivity index (χ0v) is 16.0. The molecule has 9 heteroatoms. The summed E-state index contributed by atoms with van der Waals surface area (Å²) >= 11 is 0. The minimum atomic E-state index is -3.66. The van der Waals surface area contributed by atoms with Gasteiger partial charge >= 0.3 is 0 Å². The van der Waals surface area contributed by atoms with E-state index in [2.05, 4.69) is 10.5 Å². The molecule has 0 saturated heterocycles. The first-order valence-electron chi connectivity index (χ1n) is 7.95. The highest BCUT2D eigenvalue weighted by Crippen LogP contribution is 2.28. The summed E-state index contributed by atoms with van der Waals surface area (Å²) < 4.78 is 30.2.